The van der Waals surface area contributed by atoms with Gasteiger partial charge in [0, 0.05) is 24.9 Å². The Labute approximate surface area is 170 Å². The average molecular weight is 400 g/mol. The van der Waals surface area contributed by atoms with Crippen molar-refractivity contribution in [3.63, 3.8) is 0 Å². The third-order valence-electron chi connectivity index (χ3n) is 4.69. The van der Waals surface area contributed by atoms with Crippen molar-refractivity contribution in [2.45, 2.75) is 46.3 Å². The van der Waals surface area contributed by atoms with Gasteiger partial charge in [-0.15, -0.1) is 0 Å². The van der Waals surface area contributed by atoms with E-state index in [4.69, 9.17) is 4.84 Å². The van der Waals surface area contributed by atoms with Gasteiger partial charge in [-0.25, -0.2) is 8.78 Å². The van der Waals surface area contributed by atoms with E-state index in [-0.39, 0.29) is 35.6 Å². The Kier molecular flexibility index (Phi) is 6.30. The van der Waals surface area contributed by atoms with Crippen LogP contribution in [-0.4, -0.2) is 29.2 Å². The fourth-order valence-electron chi connectivity index (χ4n) is 3.24. The zero-order valence-electron chi connectivity index (χ0n) is 17.0. The molecule has 0 aliphatic carbocycles. The van der Waals surface area contributed by atoms with Crippen molar-refractivity contribution >= 4 is 11.6 Å². The molecule has 1 aliphatic heterocycles. The number of hydrogen-bond acceptors (Lipinski definition) is 3. The van der Waals surface area contributed by atoms with Crippen LogP contribution in [-0.2, 0) is 16.2 Å². The van der Waals surface area contributed by atoms with E-state index >= 15 is 0 Å². The van der Waals surface area contributed by atoms with Crippen LogP contribution < -0.4 is 0 Å². The van der Waals surface area contributed by atoms with Crippen molar-refractivity contribution in [3.8, 4) is 0 Å². The quantitative estimate of drug-likeness (QED) is 0.690. The first-order chi connectivity index (χ1) is 13.7. The van der Waals surface area contributed by atoms with Crippen molar-refractivity contribution in [2.75, 3.05) is 6.54 Å². The summed E-state index contributed by atoms with van der Waals surface area (Å²) in [6, 6.07) is 12.5. The molecule has 2 aromatic carbocycles. The van der Waals surface area contributed by atoms with Gasteiger partial charge in [-0.05, 0) is 29.2 Å². The third kappa shape index (κ3) is 5.86. The average Bonchev–Trinajstić information content (AvgIpc) is 3.10. The van der Waals surface area contributed by atoms with E-state index in [1.54, 1.807) is 35.2 Å². The number of carbonyl (C=O) groups excluding carboxylic acids is 1. The molecule has 2 aromatic rings. The summed E-state index contributed by atoms with van der Waals surface area (Å²) in [4.78, 5) is 20.1. The number of oxime groups is 1. The first-order valence-corrected chi connectivity index (χ1v) is 9.71. The molecule has 0 aromatic heterocycles. The van der Waals surface area contributed by atoms with Crippen LogP contribution in [0.2, 0.25) is 0 Å². The second kappa shape index (κ2) is 8.72. The molecule has 0 radical (unpaired) electrons. The molecular weight excluding hydrogens is 374 g/mol. The highest BCUT2D eigenvalue weighted by Crippen LogP contribution is 2.24. The second-order valence-electron chi connectivity index (χ2n) is 8.58. The first-order valence-electron chi connectivity index (χ1n) is 9.71. The molecule has 29 heavy (non-hydrogen) atoms. The minimum Gasteiger partial charge on any atom is -0.390 e. The van der Waals surface area contributed by atoms with Gasteiger partial charge in [-0.2, -0.15) is 0 Å². The number of amides is 1. The number of carbonyl (C=O) groups is 1. The van der Waals surface area contributed by atoms with E-state index in [1.165, 1.54) is 18.2 Å². The van der Waals surface area contributed by atoms with Crippen LogP contribution in [0.4, 0.5) is 8.78 Å². The van der Waals surface area contributed by atoms with Crippen LogP contribution in [0.3, 0.4) is 0 Å². The van der Waals surface area contributed by atoms with Crippen molar-refractivity contribution in [3.05, 3.63) is 71.3 Å². The van der Waals surface area contributed by atoms with Crippen molar-refractivity contribution in [2.24, 2.45) is 10.6 Å². The Morgan fingerprint density at radius 1 is 1.14 bits per heavy atom. The number of nitrogens with zero attached hydrogens (tertiary/aromatic N) is 2. The molecule has 3 rings (SSSR count). The molecule has 0 fully saturated rings. The number of halogens is 2. The summed E-state index contributed by atoms with van der Waals surface area (Å²) >= 11 is 0. The molecule has 0 saturated carbocycles. The van der Waals surface area contributed by atoms with Gasteiger partial charge in [0.25, 0.3) is 0 Å². The number of hydrogen-bond donors (Lipinski definition) is 0. The lowest BCUT2D eigenvalue weighted by molar-refractivity contribution is -0.135. The minimum absolute atomic E-state index is 0.0559. The lowest BCUT2D eigenvalue weighted by Gasteiger charge is -2.28. The molecule has 154 valence electrons. The molecule has 6 heteroatoms. The summed E-state index contributed by atoms with van der Waals surface area (Å²) in [5, 5.41) is 4.11. The van der Waals surface area contributed by atoms with E-state index < -0.39 is 0 Å². The lowest BCUT2D eigenvalue weighted by Crippen LogP contribution is -2.39. The van der Waals surface area contributed by atoms with E-state index in [0.29, 0.717) is 30.7 Å². The predicted octanol–water partition coefficient (Wildman–Crippen LogP) is 4.92. The maximum atomic E-state index is 14.2. The molecule has 0 spiro atoms. The Morgan fingerprint density at radius 2 is 1.83 bits per heavy atom. The van der Waals surface area contributed by atoms with E-state index in [0.717, 1.165) is 5.56 Å². The standard InChI is InChI=1S/C23H26F2N2O2/c1-23(2,3)13-22(28)27(14-17-6-4-5-7-20(17)25)15-19-12-21(26-29-19)16-8-10-18(24)11-9-16/h4-11,19H,12-15H2,1-3H3. The van der Waals surface area contributed by atoms with Gasteiger partial charge >= 0.3 is 0 Å². The zero-order chi connectivity index (χ0) is 21.0. The summed E-state index contributed by atoms with van der Waals surface area (Å²) in [7, 11) is 0. The lowest BCUT2D eigenvalue weighted by atomic mass is 9.91. The molecule has 1 aliphatic rings. The topological polar surface area (TPSA) is 41.9 Å². The number of benzene rings is 2. The van der Waals surface area contributed by atoms with Crippen LogP contribution in [0.5, 0.6) is 0 Å². The Bertz CT molecular complexity index is 888. The van der Waals surface area contributed by atoms with Crippen molar-refractivity contribution in [1.29, 1.82) is 0 Å². The smallest absolute Gasteiger partial charge is 0.223 e. The normalized spacial score (nSPS) is 16.3. The first kappa shape index (κ1) is 21.0. The third-order valence-corrected chi connectivity index (χ3v) is 4.69. The highest BCUT2D eigenvalue weighted by Gasteiger charge is 2.29. The SMILES string of the molecule is CC(C)(C)CC(=O)N(Cc1ccccc1F)CC1CC(c2ccc(F)cc2)=NO1. The molecule has 4 nitrogen and oxygen atoms in total. The molecule has 1 atom stereocenters. The van der Waals surface area contributed by atoms with Gasteiger partial charge in [0.1, 0.15) is 11.6 Å². The molecule has 1 unspecified atom stereocenters. The van der Waals surface area contributed by atoms with E-state index in [2.05, 4.69) is 5.16 Å². The van der Waals surface area contributed by atoms with Gasteiger partial charge in [0.05, 0.1) is 12.3 Å². The van der Waals surface area contributed by atoms with Gasteiger partial charge < -0.3 is 9.74 Å². The maximum Gasteiger partial charge on any atom is 0.223 e. The van der Waals surface area contributed by atoms with Crippen LogP contribution in [0.1, 0.15) is 44.7 Å². The molecule has 1 amide bonds. The van der Waals surface area contributed by atoms with Crippen molar-refractivity contribution in [1.82, 2.24) is 4.90 Å². The highest BCUT2D eigenvalue weighted by molar-refractivity contribution is 6.01. The highest BCUT2D eigenvalue weighted by atomic mass is 19.1. The predicted molar refractivity (Wildman–Crippen MR) is 108 cm³/mol. The van der Waals surface area contributed by atoms with Crippen molar-refractivity contribution < 1.29 is 18.4 Å². The Morgan fingerprint density at radius 3 is 2.48 bits per heavy atom. The van der Waals surface area contributed by atoms with Gasteiger partial charge in [-0.3, -0.25) is 4.79 Å². The monoisotopic (exact) mass is 400 g/mol. The Balaban J connectivity index is 1.71. The molecule has 1 heterocycles. The van der Waals surface area contributed by atoms with Gasteiger partial charge in [0.15, 0.2) is 6.10 Å². The van der Waals surface area contributed by atoms with Crippen LogP contribution in [0, 0.1) is 17.0 Å². The van der Waals surface area contributed by atoms with Gasteiger partial charge in [-0.1, -0.05) is 56.3 Å². The van der Waals surface area contributed by atoms with Crippen LogP contribution in [0.25, 0.3) is 0 Å². The van der Waals surface area contributed by atoms with E-state index in [9.17, 15) is 13.6 Å². The summed E-state index contributed by atoms with van der Waals surface area (Å²) in [5.74, 6) is -0.704. The summed E-state index contributed by atoms with van der Waals surface area (Å²) in [5.41, 5.74) is 1.78. The molecule has 0 saturated heterocycles. The fraction of sp³-hybridized carbons (Fsp3) is 0.391. The summed E-state index contributed by atoms with van der Waals surface area (Å²) < 4.78 is 27.3. The van der Waals surface area contributed by atoms with E-state index in [1.807, 2.05) is 20.8 Å². The zero-order valence-corrected chi connectivity index (χ0v) is 17.0. The fourth-order valence-corrected chi connectivity index (χ4v) is 3.24. The van der Waals surface area contributed by atoms with Crippen LogP contribution >= 0.6 is 0 Å². The largest absolute Gasteiger partial charge is 0.390 e. The summed E-state index contributed by atoms with van der Waals surface area (Å²) in [6.07, 6.45) is 0.521. The molecule has 0 N–H and O–H groups in total. The van der Waals surface area contributed by atoms with Crippen LogP contribution in [0.15, 0.2) is 53.7 Å². The summed E-state index contributed by atoms with van der Waals surface area (Å²) in [6.45, 7) is 6.46. The van der Waals surface area contributed by atoms with Gasteiger partial charge in [0.2, 0.25) is 5.91 Å². The second-order valence-corrected chi connectivity index (χ2v) is 8.58. The molecular formula is C23H26F2N2O2. The number of rotatable bonds is 6. The minimum atomic E-state index is -0.336. The molecule has 0 bridgehead atoms. The Hall–Kier alpha value is -2.76. The maximum absolute atomic E-state index is 14.2.